The molecule has 2 rings (SSSR count). The number of aromatic nitrogens is 1. The van der Waals surface area contributed by atoms with Crippen molar-refractivity contribution < 1.29 is 14.3 Å². The van der Waals surface area contributed by atoms with Crippen LogP contribution in [0.15, 0.2) is 47.2 Å². The third-order valence-electron chi connectivity index (χ3n) is 3.09. The molecule has 0 aliphatic heterocycles. The van der Waals surface area contributed by atoms with E-state index in [0.717, 1.165) is 10.0 Å². The summed E-state index contributed by atoms with van der Waals surface area (Å²) in [5, 5.41) is 0. The van der Waals surface area contributed by atoms with Gasteiger partial charge < -0.3 is 9.64 Å². The monoisotopic (exact) mass is 362 g/mol. The Kier molecular flexibility index (Phi) is 5.27. The van der Waals surface area contributed by atoms with Crippen LogP contribution in [0.3, 0.4) is 0 Å². The first kappa shape index (κ1) is 16.2. The number of benzene rings is 1. The number of rotatable bonds is 4. The Morgan fingerprint density at radius 1 is 1.18 bits per heavy atom. The lowest BCUT2D eigenvalue weighted by Crippen LogP contribution is -2.26. The van der Waals surface area contributed by atoms with Gasteiger partial charge in [0.05, 0.1) is 18.2 Å². The highest BCUT2D eigenvalue weighted by atomic mass is 79.9. The molecule has 0 N–H and O–H groups in total. The van der Waals surface area contributed by atoms with E-state index < -0.39 is 0 Å². The predicted octanol–water partition coefficient (Wildman–Crippen LogP) is 2.90. The third kappa shape index (κ3) is 3.92. The van der Waals surface area contributed by atoms with Gasteiger partial charge in [-0.15, -0.1) is 0 Å². The number of pyridine rings is 1. The van der Waals surface area contributed by atoms with Crippen molar-refractivity contribution in [1.82, 2.24) is 9.88 Å². The number of esters is 1. The number of ether oxygens (including phenoxy) is 1. The number of carbonyl (C=O) groups excluding carboxylic acids is 2. The van der Waals surface area contributed by atoms with Crippen molar-refractivity contribution in [3.05, 3.63) is 63.9 Å². The van der Waals surface area contributed by atoms with Crippen LogP contribution in [-0.4, -0.2) is 35.9 Å². The highest BCUT2D eigenvalue weighted by Gasteiger charge is 2.13. The molecule has 6 heteroatoms. The minimum Gasteiger partial charge on any atom is -0.465 e. The minimum absolute atomic E-state index is 0.120. The summed E-state index contributed by atoms with van der Waals surface area (Å²) in [4.78, 5) is 29.3. The Balaban J connectivity index is 2.06. The van der Waals surface area contributed by atoms with E-state index >= 15 is 0 Å². The molecule has 0 aliphatic rings. The highest BCUT2D eigenvalue weighted by Crippen LogP contribution is 2.13. The molecule has 1 heterocycles. The average Bonchev–Trinajstić information content (AvgIpc) is 2.54. The number of nitrogens with zero attached hydrogens (tertiary/aromatic N) is 2. The number of methoxy groups -OCH3 is 1. The topological polar surface area (TPSA) is 59.5 Å². The van der Waals surface area contributed by atoms with Crippen molar-refractivity contribution in [1.29, 1.82) is 0 Å². The first-order chi connectivity index (χ1) is 10.5. The SMILES string of the molecule is COC(=O)c1ccc(CN(C)C(=O)c2cncc(Br)c2)cc1. The Hall–Kier alpha value is -2.21. The maximum absolute atomic E-state index is 12.3. The maximum atomic E-state index is 12.3. The molecule has 1 aromatic heterocycles. The first-order valence-corrected chi connectivity index (χ1v) is 7.34. The molecule has 22 heavy (non-hydrogen) atoms. The van der Waals surface area contributed by atoms with Gasteiger partial charge in [-0.25, -0.2) is 4.79 Å². The number of hydrogen-bond donors (Lipinski definition) is 0. The number of hydrogen-bond acceptors (Lipinski definition) is 4. The van der Waals surface area contributed by atoms with Crippen LogP contribution in [0, 0.1) is 0 Å². The molecule has 1 aromatic carbocycles. The van der Waals surface area contributed by atoms with Crippen molar-refractivity contribution >= 4 is 27.8 Å². The van der Waals surface area contributed by atoms with Crippen molar-refractivity contribution in [3.8, 4) is 0 Å². The molecular weight excluding hydrogens is 348 g/mol. The summed E-state index contributed by atoms with van der Waals surface area (Å²) in [7, 11) is 3.06. The van der Waals surface area contributed by atoms with Crippen LogP contribution in [-0.2, 0) is 11.3 Å². The lowest BCUT2D eigenvalue weighted by molar-refractivity contribution is 0.0600. The van der Waals surface area contributed by atoms with E-state index in [2.05, 4.69) is 25.7 Å². The van der Waals surface area contributed by atoms with Crippen LogP contribution in [0.5, 0.6) is 0 Å². The summed E-state index contributed by atoms with van der Waals surface area (Å²) in [6.45, 7) is 0.437. The van der Waals surface area contributed by atoms with Crippen molar-refractivity contribution in [2.45, 2.75) is 6.54 Å². The van der Waals surface area contributed by atoms with E-state index in [1.165, 1.54) is 13.3 Å². The van der Waals surface area contributed by atoms with Crippen LogP contribution >= 0.6 is 15.9 Å². The van der Waals surface area contributed by atoms with E-state index in [1.807, 2.05) is 0 Å². The lowest BCUT2D eigenvalue weighted by atomic mass is 10.1. The van der Waals surface area contributed by atoms with E-state index in [1.54, 1.807) is 48.5 Å². The third-order valence-corrected chi connectivity index (χ3v) is 3.53. The van der Waals surface area contributed by atoms with Crippen LogP contribution < -0.4 is 0 Å². The molecule has 0 radical (unpaired) electrons. The lowest BCUT2D eigenvalue weighted by Gasteiger charge is -2.17. The number of halogens is 1. The summed E-state index contributed by atoms with van der Waals surface area (Å²) >= 11 is 3.30. The van der Waals surface area contributed by atoms with Gasteiger partial charge in [0.25, 0.3) is 5.91 Å². The van der Waals surface area contributed by atoms with Crippen LogP contribution in [0.2, 0.25) is 0 Å². The molecule has 0 saturated heterocycles. The average molecular weight is 363 g/mol. The van der Waals surface area contributed by atoms with E-state index in [-0.39, 0.29) is 11.9 Å². The second kappa shape index (κ2) is 7.17. The fraction of sp³-hybridized carbons (Fsp3) is 0.188. The molecule has 1 amide bonds. The smallest absolute Gasteiger partial charge is 0.337 e. The molecular formula is C16H15BrN2O3. The molecule has 114 valence electrons. The number of carbonyl (C=O) groups is 2. The van der Waals surface area contributed by atoms with E-state index in [4.69, 9.17) is 0 Å². The molecule has 0 fully saturated rings. The summed E-state index contributed by atoms with van der Waals surface area (Å²) in [6, 6.07) is 8.69. The van der Waals surface area contributed by atoms with Gasteiger partial charge in [-0.3, -0.25) is 9.78 Å². The molecule has 0 atom stereocenters. The fourth-order valence-corrected chi connectivity index (χ4v) is 2.32. The fourth-order valence-electron chi connectivity index (χ4n) is 1.96. The Labute approximate surface area is 137 Å². The standard InChI is InChI=1S/C16H15BrN2O3/c1-19(15(20)13-7-14(17)9-18-8-13)10-11-3-5-12(6-4-11)16(21)22-2/h3-9H,10H2,1-2H3. The maximum Gasteiger partial charge on any atom is 0.337 e. The van der Waals surface area contributed by atoms with Crippen molar-refractivity contribution in [2.24, 2.45) is 0 Å². The van der Waals surface area contributed by atoms with Gasteiger partial charge in [-0.1, -0.05) is 12.1 Å². The zero-order valence-electron chi connectivity index (χ0n) is 12.2. The second-order valence-corrected chi connectivity index (χ2v) is 5.66. The quantitative estimate of drug-likeness (QED) is 0.784. The minimum atomic E-state index is -0.379. The zero-order chi connectivity index (χ0) is 16.1. The first-order valence-electron chi connectivity index (χ1n) is 6.54. The van der Waals surface area contributed by atoms with Gasteiger partial charge in [-0.05, 0) is 39.7 Å². The van der Waals surface area contributed by atoms with Gasteiger partial charge in [0.1, 0.15) is 0 Å². The van der Waals surface area contributed by atoms with Crippen LogP contribution in [0.1, 0.15) is 26.3 Å². The van der Waals surface area contributed by atoms with Crippen LogP contribution in [0.4, 0.5) is 0 Å². The van der Waals surface area contributed by atoms with Gasteiger partial charge in [0.2, 0.25) is 0 Å². The van der Waals surface area contributed by atoms with Gasteiger partial charge in [-0.2, -0.15) is 0 Å². The van der Waals surface area contributed by atoms with E-state index in [9.17, 15) is 9.59 Å². The summed E-state index contributed by atoms with van der Waals surface area (Å²) in [6.07, 6.45) is 3.16. The molecule has 0 aliphatic carbocycles. The second-order valence-electron chi connectivity index (χ2n) is 4.74. The summed E-state index contributed by atoms with van der Waals surface area (Å²) in [5.41, 5.74) is 1.92. The van der Waals surface area contributed by atoms with Crippen molar-refractivity contribution in [3.63, 3.8) is 0 Å². The highest BCUT2D eigenvalue weighted by molar-refractivity contribution is 9.10. The largest absolute Gasteiger partial charge is 0.465 e. The van der Waals surface area contributed by atoms with Gasteiger partial charge >= 0.3 is 5.97 Å². The Bertz CT molecular complexity index is 686. The van der Waals surface area contributed by atoms with Gasteiger partial charge in [0, 0.05) is 30.5 Å². The summed E-state index contributed by atoms with van der Waals surface area (Å²) in [5.74, 6) is -0.498. The summed E-state index contributed by atoms with van der Waals surface area (Å²) < 4.78 is 5.41. The molecule has 0 saturated carbocycles. The predicted molar refractivity (Wildman–Crippen MR) is 85.5 cm³/mol. The molecule has 0 unspecified atom stereocenters. The molecule has 0 spiro atoms. The Morgan fingerprint density at radius 3 is 2.45 bits per heavy atom. The van der Waals surface area contributed by atoms with Gasteiger partial charge in [0.15, 0.2) is 0 Å². The normalized spacial score (nSPS) is 10.1. The molecule has 0 bridgehead atoms. The molecule has 5 nitrogen and oxygen atoms in total. The number of amides is 1. The Morgan fingerprint density at radius 2 is 1.86 bits per heavy atom. The van der Waals surface area contributed by atoms with Crippen LogP contribution in [0.25, 0.3) is 0 Å². The van der Waals surface area contributed by atoms with Crippen molar-refractivity contribution in [2.75, 3.05) is 14.2 Å². The zero-order valence-corrected chi connectivity index (χ0v) is 13.8. The molecule has 2 aromatic rings. The van der Waals surface area contributed by atoms with E-state index in [0.29, 0.717) is 17.7 Å².